The van der Waals surface area contributed by atoms with Gasteiger partial charge in [-0.2, -0.15) is 0 Å². The van der Waals surface area contributed by atoms with E-state index in [1.54, 1.807) is 0 Å². The second kappa shape index (κ2) is 9.30. The van der Waals surface area contributed by atoms with Gasteiger partial charge in [-0.25, -0.2) is 0 Å². The van der Waals surface area contributed by atoms with Gasteiger partial charge in [-0.3, -0.25) is 9.59 Å². The average Bonchev–Trinajstić information content (AvgIpc) is 2.83. The molecule has 2 atom stereocenters. The van der Waals surface area contributed by atoms with Gasteiger partial charge in [0.25, 0.3) is 0 Å². The number of aromatic nitrogens is 1. The number of carbonyl (C=O) groups excluding carboxylic acids is 2. The topological polar surface area (TPSA) is 78.8 Å². The molecule has 1 aliphatic rings. The van der Waals surface area contributed by atoms with E-state index in [1.807, 2.05) is 65.2 Å². The van der Waals surface area contributed by atoms with E-state index >= 15 is 0 Å². The summed E-state index contributed by atoms with van der Waals surface area (Å²) in [6, 6.07) is 4.01. The molecule has 0 aliphatic carbocycles. The van der Waals surface area contributed by atoms with Crippen molar-refractivity contribution in [2.75, 3.05) is 6.54 Å². The quantitative estimate of drug-likeness (QED) is 0.701. The van der Waals surface area contributed by atoms with E-state index in [1.165, 1.54) is 0 Å². The van der Waals surface area contributed by atoms with Gasteiger partial charge in [0.2, 0.25) is 5.91 Å². The SMILES string of the molecule is Cc1ccc(C)n1CC(=O)NCCC1CC(CC(=O)OC(C)(C)C)OC(C)(C)O1. The first-order chi connectivity index (χ1) is 13.3. The van der Waals surface area contributed by atoms with Gasteiger partial charge in [-0.05, 0) is 67.0 Å². The zero-order chi connectivity index (χ0) is 21.8. The molecule has 1 fully saturated rings. The number of carbonyl (C=O) groups is 2. The largest absolute Gasteiger partial charge is 0.460 e. The van der Waals surface area contributed by atoms with Crippen LogP contribution >= 0.6 is 0 Å². The van der Waals surface area contributed by atoms with Crippen LogP contribution in [0.1, 0.15) is 65.3 Å². The van der Waals surface area contributed by atoms with E-state index in [0.29, 0.717) is 25.9 Å². The van der Waals surface area contributed by atoms with Gasteiger partial charge in [0.15, 0.2) is 5.79 Å². The van der Waals surface area contributed by atoms with Crippen molar-refractivity contribution in [3.63, 3.8) is 0 Å². The number of aryl methyl sites for hydroxylation is 2. The van der Waals surface area contributed by atoms with Crippen molar-refractivity contribution in [3.05, 3.63) is 23.5 Å². The van der Waals surface area contributed by atoms with Gasteiger partial charge in [-0.15, -0.1) is 0 Å². The minimum atomic E-state index is -0.779. The second-order valence-corrected chi connectivity index (χ2v) is 9.25. The highest BCUT2D eigenvalue weighted by Crippen LogP contribution is 2.30. The van der Waals surface area contributed by atoms with Crippen molar-refractivity contribution in [1.82, 2.24) is 9.88 Å². The number of ether oxygens (including phenoxy) is 3. The Morgan fingerprint density at radius 1 is 1.17 bits per heavy atom. The summed E-state index contributed by atoms with van der Waals surface area (Å²) in [6.45, 7) is 14.0. The molecule has 0 radical (unpaired) electrons. The number of amides is 1. The van der Waals surface area contributed by atoms with Crippen molar-refractivity contribution < 1.29 is 23.8 Å². The molecule has 0 bridgehead atoms. The Morgan fingerprint density at radius 2 is 1.76 bits per heavy atom. The molecule has 1 saturated heterocycles. The lowest BCUT2D eigenvalue weighted by Crippen LogP contribution is -2.46. The summed E-state index contributed by atoms with van der Waals surface area (Å²) in [5.41, 5.74) is 1.62. The molecule has 7 heteroatoms. The standard InChI is InChI=1S/C22H36N2O5/c1-15-8-9-16(2)24(15)14-19(25)23-11-10-17-12-18(28-22(6,7)27-17)13-20(26)29-21(3,4)5/h8-9,17-18H,10-14H2,1-7H3,(H,23,25). The van der Waals surface area contributed by atoms with Crippen LogP contribution in [-0.4, -0.2) is 46.6 Å². The first kappa shape index (κ1) is 23.4. The molecule has 29 heavy (non-hydrogen) atoms. The summed E-state index contributed by atoms with van der Waals surface area (Å²) >= 11 is 0. The fourth-order valence-electron chi connectivity index (χ4n) is 3.61. The Morgan fingerprint density at radius 3 is 2.34 bits per heavy atom. The first-order valence-electron chi connectivity index (χ1n) is 10.3. The Bertz CT molecular complexity index is 698. The highest BCUT2D eigenvalue weighted by molar-refractivity contribution is 5.75. The molecular weight excluding hydrogens is 372 g/mol. The van der Waals surface area contributed by atoms with Gasteiger partial charge < -0.3 is 24.1 Å². The van der Waals surface area contributed by atoms with Crippen molar-refractivity contribution >= 4 is 11.9 Å². The normalized spacial score (nSPS) is 21.6. The van der Waals surface area contributed by atoms with E-state index < -0.39 is 11.4 Å². The molecule has 1 N–H and O–H groups in total. The van der Waals surface area contributed by atoms with Crippen LogP contribution in [-0.2, 0) is 30.3 Å². The second-order valence-electron chi connectivity index (χ2n) is 9.25. The van der Waals surface area contributed by atoms with Crippen LogP contribution in [0.25, 0.3) is 0 Å². The number of hydrogen-bond donors (Lipinski definition) is 1. The highest BCUT2D eigenvalue weighted by Gasteiger charge is 2.36. The third-order valence-corrected chi connectivity index (χ3v) is 4.75. The molecule has 0 aromatic carbocycles. The number of nitrogens with one attached hydrogen (secondary N) is 1. The van der Waals surface area contributed by atoms with Crippen LogP contribution in [0.5, 0.6) is 0 Å². The number of esters is 1. The molecule has 0 spiro atoms. The molecule has 164 valence electrons. The lowest BCUT2D eigenvalue weighted by atomic mass is 10.0. The summed E-state index contributed by atoms with van der Waals surface area (Å²) in [7, 11) is 0. The lowest BCUT2D eigenvalue weighted by Gasteiger charge is -2.40. The van der Waals surface area contributed by atoms with Gasteiger partial charge in [0, 0.05) is 24.4 Å². The molecule has 7 nitrogen and oxygen atoms in total. The van der Waals surface area contributed by atoms with Crippen LogP contribution in [0.4, 0.5) is 0 Å². The minimum Gasteiger partial charge on any atom is -0.460 e. The lowest BCUT2D eigenvalue weighted by molar-refractivity contribution is -0.300. The highest BCUT2D eigenvalue weighted by atomic mass is 16.7. The third kappa shape index (κ3) is 7.82. The van der Waals surface area contributed by atoms with Crippen molar-refractivity contribution in [3.8, 4) is 0 Å². The molecule has 2 unspecified atom stereocenters. The number of nitrogens with zero attached hydrogens (tertiary/aromatic N) is 1. The fraction of sp³-hybridized carbons (Fsp3) is 0.727. The molecule has 1 aliphatic heterocycles. The third-order valence-electron chi connectivity index (χ3n) is 4.75. The van der Waals surface area contributed by atoms with Crippen LogP contribution in [0.2, 0.25) is 0 Å². The van der Waals surface area contributed by atoms with Crippen LogP contribution in [0.15, 0.2) is 12.1 Å². The summed E-state index contributed by atoms with van der Waals surface area (Å²) in [5, 5.41) is 2.96. The summed E-state index contributed by atoms with van der Waals surface area (Å²) in [6.07, 6.45) is 1.08. The fourth-order valence-corrected chi connectivity index (χ4v) is 3.61. The van der Waals surface area contributed by atoms with Crippen molar-refractivity contribution in [2.24, 2.45) is 0 Å². The maximum atomic E-state index is 12.3. The predicted octanol–water partition coefficient (Wildman–Crippen LogP) is 3.25. The first-order valence-corrected chi connectivity index (χ1v) is 10.3. The molecule has 2 heterocycles. The molecule has 1 aromatic heterocycles. The smallest absolute Gasteiger partial charge is 0.308 e. The Balaban J connectivity index is 1.81. The molecule has 0 saturated carbocycles. The summed E-state index contributed by atoms with van der Waals surface area (Å²) in [4.78, 5) is 24.4. The molecule has 1 aromatic rings. The van der Waals surface area contributed by atoms with Gasteiger partial charge in [0.1, 0.15) is 12.1 Å². The maximum Gasteiger partial charge on any atom is 0.308 e. The zero-order valence-corrected chi connectivity index (χ0v) is 18.8. The average molecular weight is 409 g/mol. The van der Waals surface area contributed by atoms with E-state index in [0.717, 1.165) is 11.4 Å². The Kier molecular flexibility index (Phi) is 7.51. The van der Waals surface area contributed by atoms with E-state index in [9.17, 15) is 9.59 Å². The molecule has 2 rings (SSSR count). The molecule has 1 amide bonds. The van der Waals surface area contributed by atoms with Crippen LogP contribution in [0.3, 0.4) is 0 Å². The minimum absolute atomic E-state index is 0.0241. The van der Waals surface area contributed by atoms with Gasteiger partial charge >= 0.3 is 5.97 Å². The molecular formula is C22H36N2O5. The Labute approximate surface area is 174 Å². The van der Waals surface area contributed by atoms with Crippen molar-refractivity contribution in [1.29, 1.82) is 0 Å². The zero-order valence-electron chi connectivity index (χ0n) is 18.8. The maximum absolute atomic E-state index is 12.3. The van der Waals surface area contributed by atoms with Gasteiger partial charge in [0.05, 0.1) is 18.6 Å². The van der Waals surface area contributed by atoms with E-state index in [4.69, 9.17) is 14.2 Å². The van der Waals surface area contributed by atoms with Crippen molar-refractivity contribution in [2.45, 2.75) is 97.9 Å². The van der Waals surface area contributed by atoms with E-state index in [-0.39, 0.29) is 30.5 Å². The number of rotatable bonds is 7. The Hall–Kier alpha value is -1.86. The monoisotopic (exact) mass is 408 g/mol. The van der Waals surface area contributed by atoms with Crippen LogP contribution < -0.4 is 5.32 Å². The predicted molar refractivity (Wildman–Crippen MR) is 110 cm³/mol. The summed E-state index contributed by atoms with van der Waals surface area (Å²) < 4.78 is 19.3. The number of hydrogen-bond acceptors (Lipinski definition) is 5. The van der Waals surface area contributed by atoms with E-state index in [2.05, 4.69) is 5.32 Å². The summed E-state index contributed by atoms with van der Waals surface area (Å²) in [5.74, 6) is -1.08. The van der Waals surface area contributed by atoms with Crippen LogP contribution in [0, 0.1) is 13.8 Å². The van der Waals surface area contributed by atoms with Gasteiger partial charge in [-0.1, -0.05) is 0 Å².